The zero-order valence-corrected chi connectivity index (χ0v) is 13.5. The molecule has 1 amide bonds. The molecule has 1 heterocycles. The van der Waals surface area contributed by atoms with Crippen LogP contribution in [0.3, 0.4) is 0 Å². The van der Waals surface area contributed by atoms with Crippen LogP contribution in [0.15, 0.2) is 5.16 Å². The molecule has 7 nitrogen and oxygen atoms in total. The molecule has 1 aliphatic rings. The average molecular weight is 312 g/mol. The Hall–Kier alpha value is -1.15. The van der Waals surface area contributed by atoms with E-state index in [2.05, 4.69) is 20.8 Å². The summed E-state index contributed by atoms with van der Waals surface area (Å²) in [5.74, 6) is 0.670. The molecular weight excluding hydrogens is 288 g/mol. The maximum atomic E-state index is 11.5. The Balaban J connectivity index is 1.69. The molecule has 1 atom stereocenters. The van der Waals surface area contributed by atoms with Crippen molar-refractivity contribution < 1.29 is 4.79 Å². The van der Waals surface area contributed by atoms with Crippen molar-refractivity contribution in [2.24, 2.45) is 5.73 Å². The third-order valence-corrected chi connectivity index (χ3v) is 4.79. The van der Waals surface area contributed by atoms with E-state index in [0.29, 0.717) is 6.04 Å². The molecule has 118 valence electrons. The molecule has 0 radical (unpaired) electrons. The number of hydrogen-bond acceptors (Lipinski definition) is 6. The van der Waals surface area contributed by atoms with E-state index in [1.165, 1.54) is 12.8 Å². The van der Waals surface area contributed by atoms with Gasteiger partial charge in [-0.3, -0.25) is 4.79 Å². The van der Waals surface area contributed by atoms with Crippen LogP contribution >= 0.6 is 11.8 Å². The highest BCUT2D eigenvalue weighted by Gasteiger charge is 2.29. The summed E-state index contributed by atoms with van der Waals surface area (Å²) in [6.45, 7) is 4.60. The molecule has 0 aromatic carbocycles. The monoisotopic (exact) mass is 312 g/mol. The first-order valence-electron chi connectivity index (χ1n) is 7.52. The topological polar surface area (TPSA) is 98.7 Å². The number of unbranched alkanes of at least 4 members (excludes halogenated alkanes) is 1. The Morgan fingerprint density at radius 2 is 2.29 bits per heavy atom. The molecule has 8 heteroatoms. The fourth-order valence-corrected chi connectivity index (χ4v) is 3.20. The van der Waals surface area contributed by atoms with Crippen LogP contribution in [0, 0.1) is 0 Å². The highest BCUT2D eigenvalue weighted by Crippen LogP contribution is 2.36. The Kier molecular flexibility index (Phi) is 5.58. The van der Waals surface area contributed by atoms with Gasteiger partial charge in [-0.05, 0) is 49.6 Å². The fraction of sp³-hybridized carbons (Fsp3) is 0.846. The number of aromatic nitrogens is 4. The van der Waals surface area contributed by atoms with Crippen molar-refractivity contribution in [1.29, 1.82) is 0 Å². The van der Waals surface area contributed by atoms with E-state index in [1.807, 2.05) is 18.5 Å². The summed E-state index contributed by atoms with van der Waals surface area (Å²) in [5.41, 5.74) is 4.87. The second-order valence-electron chi connectivity index (χ2n) is 5.67. The summed E-state index contributed by atoms with van der Waals surface area (Å²) in [4.78, 5) is 11.5. The van der Waals surface area contributed by atoms with Gasteiger partial charge in [-0.15, -0.1) is 5.10 Å². The number of nitrogens with one attached hydrogen (secondary N) is 1. The zero-order chi connectivity index (χ0) is 15.3. The minimum atomic E-state index is -0.602. The first-order chi connectivity index (χ1) is 10.1. The summed E-state index contributed by atoms with van der Waals surface area (Å²) in [7, 11) is 0. The summed E-state index contributed by atoms with van der Waals surface area (Å²) >= 11 is 1.68. The van der Waals surface area contributed by atoms with E-state index in [9.17, 15) is 4.79 Å². The first kappa shape index (κ1) is 16.2. The lowest BCUT2D eigenvalue weighted by atomic mass is 9.94. The molecule has 0 saturated heterocycles. The number of rotatable bonds is 10. The maximum Gasteiger partial charge on any atom is 0.237 e. The van der Waals surface area contributed by atoms with Crippen molar-refractivity contribution in [3.8, 4) is 0 Å². The predicted octanol–water partition coefficient (Wildman–Crippen LogP) is 1.12. The minimum absolute atomic E-state index is 0.283. The number of hydrogen-bond donors (Lipinski definition) is 2. The number of carbonyl (C=O) groups is 1. The van der Waals surface area contributed by atoms with Crippen LogP contribution in [0.2, 0.25) is 0 Å². The van der Waals surface area contributed by atoms with E-state index < -0.39 is 5.54 Å². The summed E-state index contributed by atoms with van der Waals surface area (Å²) in [6.07, 6.45) is 5.07. The van der Waals surface area contributed by atoms with Crippen molar-refractivity contribution in [2.45, 2.75) is 62.7 Å². The van der Waals surface area contributed by atoms with Crippen LogP contribution in [-0.2, 0) is 4.79 Å². The highest BCUT2D eigenvalue weighted by molar-refractivity contribution is 7.99. The molecule has 1 saturated carbocycles. The predicted molar refractivity (Wildman–Crippen MR) is 81.9 cm³/mol. The van der Waals surface area contributed by atoms with E-state index in [-0.39, 0.29) is 5.91 Å². The lowest BCUT2D eigenvalue weighted by Crippen LogP contribution is -2.52. The summed E-state index contributed by atoms with van der Waals surface area (Å²) in [6, 6.07) is 0.509. The highest BCUT2D eigenvalue weighted by atomic mass is 32.2. The molecule has 1 fully saturated rings. The first-order valence-corrected chi connectivity index (χ1v) is 8.51. The van der Waals surface area contributed by atoms with Gasteiger partial charge in [0.05, 0.1) is 11.6 Å². The average Bonchev–Trinajstić information content (AvgIpc) is 3.18. The number of primary amides is 1. The quantitative estimate of drug-likeness (QED) is 0.496. The van der Waals surface area contributed by atoms with Gasteiger partial charge < -0.3 is 11.1 Å². The molecule has 0 spiro atoms. The summed E-state index contributed by atoms with van der Waals surface area (Å²) in [5, 5.41) is 15.9. The molecule has 1 aromatic heterocycles. The van der Waals surface area contributed by atoms with Crippen LogP contribution < -0.4 is 11.1 Å². The molecule has 0 bridgehead atoms. The van der Waals surface area contributed by atoms with Gasteiger partial charge in [0, 0.05) is 5.75 Å². The Bertz CT molecular complexity index is 475. The number of carbonyl (C=O) groups excluding carboxylic acids is 1. The van der Waals surface area contributed by atoms with Gasteiger partial charge >= 0.3 is 0 Å². The molecular formula is C13H24N6OS. The molecule has 1 aromatic rings. The smallest absolute Gasteiger partial charge is 0.237 e. The molecule has 0 aliphatic heterocycles. The molecule has 1 aliphatic carbocycles. The minimum Gasteiger partial charge on any atom is -0.368 e. The van der Waals surface area contributed by atoms with Gasteiger partial charge in [-0.25, -0.2) is 4.68 Å². The number of likely N-dealkylation sites (N-methyl/N-ethyl adjacent to an activating group) is 1. The van der Waals surface area contributed by atoms with Crippen molar-refractivity contribution in [2.75, 3.05) is 12.3 Å². The maximum absolute atomic E-state index is 11.5. The van der Waals surface area contributed by atoms with E-state index in [4.69, 9.17) is 5.73 Å². The fourth-order valence-electron chi connectivity index (χ4n) is 2.26. The van der Waals surface area contributed by atoms with Crippen LogP contribution in [0.5, 0.6) is 0 Å². The zero-order valence-electron chi connectivity index (χ0n) is 12.7. The van der Waals surface area contributed by atoms with Gasteiger partial charge in [0.15, 0.2) is 0 Å². The van der Waals surface area contributed by atoms with E-state index >= 15 is 0 Å². The van der Waals surface area contributed by atoms with E-state index in [1.54, 1.807) is 11.8 Å². The molecule has 21 heavy (non-hydrogen) atoms. The van der Waals surface area contributed by atoms with Gasteiger partial charge in [-0.2, -0.15) is 0 Å². The molecule has 3 N–H and O–H groups in total. The third-order valence-electron chi connectivity index (χ3n) is 3.77. The Morgan fingerprint density at radius 1 is 1.52 bits per heavy atom. The second-order valence-corrected chi connectivity index (χ2v) is 6.73. The lowest BCUT2D eigenvalue weighted by molar-refractivity contribution is -0.124. The SMILES string of the molecule is CCNC(C)(CCCCSc1nnnn1C1CC1)C(N)=O. The van der Waals surface area contributed by atoms with Gasteiger partial charge in [0.2, 0.25) is 11.1 Å². The number of thioether (sulfide) groups is 1. The normalized spacial score (nSPS) is 17.6. The van der Waals surface area contributed by atoms with Gasteiger partial charge in [0.1, 0.15) is 0 Å². The number of nitrogens with zero attached hydrogens (tertiary/aromatic N) is 4. The second kappa shape index (κ2) is 7.22. The number of nitrogens with two attached hydrogens (primary N) is 1. The standard InChI is InChI=1S/C13H24N6OS/c1-3-15-13(2,11(14)20)8-4-5-9-21-12-16-17-18-19(12)10-6-7-10/h10,15H,3-9H2,1-2H3,(H2,14,20). The van der Waals surface area contributed by atoms with Crippen molar-refractivity contribution in [1.82, 2.24) is 25.5 Å². The summed E-state index contributed by atoms with van der Waals surface area (Å²) < 4.78 is 1.93. The van der Waals surface area contributed by atoms with Crippen LogP contribution in [0.25, 0.3) is 0 Å². The van der Waals surface area contributed by atoms with Gasteiger partial charge in [0.25, 0.3) is 0 Å². The molecule has 2 rings (SSSR count). The van der Waals surface area contributed by atoms with Crippen LogP contribution in [0.4, 0.5) is 0 Å². The third kappa shape index (κ3) is 4.41. The van der Waals surface area contributed by atoms with E-state index in [0.717, 1.165) is 36.7 Å². The van der Waals surface area contributed by atoms with Crippen molar-refractivity contribution >= 4 is 17.7 Å². The lowest BCUT2D eigenvalue weighted by Gasteiger charge is -2.26. The van der Waals surface area contributed by atoms with Crippen LogP contribution in [0.1, 0.15) is 52.0 Å². The van der Waals surface area contributed by atoms with Gasteiger partial charge in [-0.1, -0.05) is 25.1 Å². The number of amides is 1. The van der Waals surface area contributed by atoms with Crippen molar-refractivity contribution in [3.63, 3.8) is 0 Å². The largest absolute Gasteiger partial charge is 0.368 e. The van der Waals surface area contributed by atoms with Crippen molar-refractivity contribution in [3.05, 3.63) is 0 Å². The number of tetrazole rings is 1. The van der Waals surface area contributed by atoms with Crippen LogP contribution in [-0.4, -0.2) is 44.0 Å². The molecule has 1 unspecified atom stereocenters. The Morgan fingerprint density at radius 3 is 2.90 bits per heavy atom. The Labute approximate surface area is 129 Å².